The second-order valence-electron chi connectivity index (χ2n) is 5.66. The Labute approximate surface area is 104 Å². The van der Waals surface area contributed by atoms with Crippen molar-refractivity contribution in [3.8, 4) is 0 Å². The maximum absolute atomic E-state index is 3.53. The lowest BCUT2D eigenvalue weighted by atomic mass is 9.95. The molecule has 1 atom stereocenters. The molecule has 0 amide bonds. The van der Waals surface area contributed by atoms with Crippen LogP contribution in [0.5, 0.6) is 0 Å². The Morgan fingerprint density at radius 1 is 1.31 bits per heavy atom. The minimum atomic E-state index is 0.291. The third-order valence-electron chi connectivity index (χ3n) is 2.89. The van der Waals surface area contributed by atoms with E-state index in [0.29, 0.717) is 5.41 Å². The molecule has 0 spiro atoms. The van der Waals surface area contributed by atoms with Gasteiger partial charge in [-0.25, -0.2) is 0 Å². The molecule has 0 aliphatic rings. The van der Waals surface area contributed by atoms with E-state index in [2.05, 4.69) is 52.1 Å². The van der Waals surface area contributed by atoms with Gasteiger partial charge in [-0.15, -0.1) is 11.3 Å². The highest BCUT2D eigenvalue weighted by Gasteiger charge is 2.15. The first-order chi connectivity index (χ1) is 7.43. The summed E-state index contributed by atoms with van der Waals surface area (Å²) in [5.41, 5.74) is 0.291. The quantitative estimate of drug-likeness (QED) is 0.812. The SMILES string of the molecule is CCC(C)CNCc1ccc(C(C)(C)C)s1. The molecule has 0 saturated heterocycles. The fourth-order valence-corrected chi connectivity index (χ4v) is 2.50. The largest absolute Gasteiger partial charge is 0.312 e. The van der Waals surface area contributed by atoms with Gasteiger partial charge in [-0.05, 0) is 30.0 Å². The Balaban J connectivity index is 2.41. The van der Waals surface area contributed by atoms with E-state index in [-0.39, 0.29) is 0 Å². The molecule has 0 radical (unpaired) electrons. The van der Waals surface area contributed by atoms with Gasteiger partial charge < -0.3 is 5.32 Å². The zero-order chi connectivity index (χ0) is 12.2. The summed E-state index contributed by atoms with van der Waals surface area (Å²) in [7, 11) is 0. The molecule has 1 N–H and O–H groups in total. The van der Waals surface area contributed by atoms with Crippen LogP contribution in [0.15, 0.2) is 12.1 Å². The summed E-state index contributed by atoms with van der Waals surface area (Å²) in [6.45, 7) is 13.5. The summed E-state index contributed by atoms with van der Waals surface area (Å²) in [5.74, 6) is 0.780. The average Bonchev–Trinajstić information content (AvgIpc) is 2.65. The van der Waals surface area contributed by atoms with Gasteiger partial charge in [0.15, 0.2) is 0 Å². The molecule has 1 rings (SSSR count). The van der Waals surface area contributed by atoms with E-state index >= 15 is 0 Å². The average molecular weight is 239 g/mol. The summed E-state index contributed by atoms with van der Waals surface area (Å²) >= 11 is 1.94. The summed E-state index contributed by atoms with van der Waals surface area (Å²) in [4.78, 5) is 2.93. The molecule has 0 bridgehead atoms. The van der Waals surface area contributed by atoms with Crippen LogP contribution in [-0.2, 0) is 12.0 Å². The number of hydrogen-bond donors (Lipinski definition) is 1. The molecule has 0 saturated carbocycles. The van der Waals surface area contributed by atoms with Crippen LogP contribution in [0.1, 0.15) is 50.8 Å². The third-order valence-corrected chi connectivity index (χ3v) is 4.40. The van der Waals surface area contributed by atoms with Crippen molar-refractivity contribution in [2.75, 3.05) is 6.54 Å². The van der Waals surface area contributed by atoms with Crippen molar-refractivity contribution in [1.29, 1.82) is 0 Å². The fourth-order valence-electron chi connectivity index (χ4n) is 1.46. The highest BCUT2D eigenvalue weighted by molar-refractivity contribution is 7.12. The number of nitrogens with one attached hydrogen (secondary N) is 1. The standard InChI is InChI=1S/C14H25NS/c1-6-11(2)9-15-10-12-7-8-13(16-12)14(3,4)5/h7-8,11,15H,6,9-10H2,1-5H3. The minimum absolute atomic E-state index is 0.291. The van der Waals surface area contributed by atoms with Crippen molar-refractivity contribution < 1.29 is 0 Å². The lowest BCUT2D eigenvalue weighted by Gasteiger charge is -2.15. The normalized spacial score (nSPS) is 14.1. The molecule has 16 heavy (non-hydrogen) atoms. The van der Waals surface area contributed by atoms with E-state index in [1.807, 2.05) is 11.3 Å². The van der Waals surface area contributed by atoms with Gasteiger partial charge in [0.2, 0.25) is 0 Å². The fraction of sp³-hybridized carbons (Fsp3) is 0.714. The third kappa shape index (κ3) is 4.26. The molecule has 0 aromatic carbocycles. The van der Waals surface area contributed by atoms with Gasteiger partial charge in [0.05, 0.1) is 0 Å². The zero-order valence-electron chi connectivity index (χ0n) is 11.3. The monoisotopic (exact) mass is 239 g/mol. The van der Waals surface area contributed by atoms with Gasteiger partial charge in [-0.3, -0.25) is 0 Å². The Bertz CT molecular complexity index is 309. The Morgan fingerprint density at radius 2 is 2.00 bits per heavy atom. The molecule has 1 nitrogen and oxygen atoms in total. The van der Waals surface area contributed by atoms with E-state index < -0.39 is 0 Å². The van der Waals surface area contributed by atoms with Crippen LogP contribution in [-0.4, -0.2) is 6.54 Å². The van der Waals surface area contributed by atoms with Crippen molar-refractivity contribution in [1.82, 2.24) is 5.32 Å². The van der Waals surface area contributed by atoms with E-state index in [4.69, 9.17) is 0 Å². The Kier molecular flexibility index (Phi) is 5.00. The predicted octanol–water partition coefficient (Wildman–Crippen LogP) is 4.18. The van der Waals surface area contributed by atoms with Gasteiger partial charge in [0, 0.05) is 16.3 Å². The summed E-state index contributed by atoms with van der Waals surface area (Å²) < 4.78 is 0. The van der Waals surface area contributed by atoms with Gasteiger partial charge in [-0.1, -0.05) is 41.0 Å². The topological polar surface area (TPSA) is 12.0 Å². The second-order valence-corrected chi connectivity index (χ2v) is 6.83. The van der Waals surface area contributed by atoms with Gasteiger partial charge in [0.25, 0.3) is 0 Å². The van der Waals surface area contributed by atoms with E-state index in [9.17, 15) is 0 Å². The van der Waals surface area contributed by atoms with Crippen LogP contribution in [0.2, 0.25) is 0 Å². The van der Waals surface area contributed by atoms with Crippen molar-refractivity contribution in [2.45, 2.75) is 53.0 Å². The predicted molar refractivity (Wildman–Crippen MR) is 74.2 cm³/mol. The summed E-state index contributed by atoms with van der Waals surface area (Å²) in [6.07, 6.45) is 1.25. The molecule has 0 aliphatic heterocycles. The highest BCUT2D eigenvalue weighted by atomic mass is 32.1. The summed E-state index contributed by atoms with van der Waals surface area (Å²) in [6, 6.07) is 4.53. The lowest BCUT2D eigenvalue weighted by molar-refractivity contribution is 0.501. The molecule has 0 aliphatic carbocycles. The minimum Gasteiger partial charge on any atom is -0.312 e. The van der Waals surface area contributed by atoms with Crippen LogP contribution >= 0.6 is 11.3 Å². The number of thiophene rings is 1. The lowest BCUT2D eigenvalue weighted by Crippen LogP contribution is -2.19. The molecular weight excluding hydrogens is 214 g/mol. The molecule has 1 aromatic heterocycles. The van der Waals surface area contributed by atoms with Crippen LogP contribution < -0.4 is 5.32 Å². The van der Waals surface area contributed by atoms with Crippen molar-refractivity contribution in [3.63, 3.8) is 0 Å². The molecule has 1 heterocycles. The second kappa shape index (κ2) is 5.83. The van der Waals surface area contributed by atoms with Crippen LogP contribution in [0, 0.1) is 5.92 Å². The van der Waals surface area contributed by atoms with Crippen LogP contribution in [0.25, 0.3) is 0 Å². The zero-order valence-corrected chi connectivity index (χ0v) is 12.1. The number of rotatable bonds is 5. The van der Waals surface area contributed by atoms with Gasteiger partial charge in [-0.2, -0.15) is 0 Å². The van der Waals surface area contributed by atoms with Crippen molar-refractivity contribution in [3.05, 3.63) is 21.9 Å². The van der Waals surface area contributed by atoms with Gasteiger partial charge >= 0.3 is 0 Å². The maximum Gasteiger partial charge on any atom is 0.0299 e. The first-order valence-corrected chi connectivity index (χ1v) is 7.05. The Morgan fingerprint density at radius 3 is 2.50 bits per heavy atom. The molecular formula is C14H25NS. The maximum atomic E-state index is 3.53. The van der Waals surface area contributed by atoms with E-state index in [1.165, 1.54) is 16.2 Å². The smallest absolute Gasteiger partial charge is 0.0299 e. The first-order valence-electron chi connectivity index (χ1n) is 6.23. The van der Waals surface area contributed by atoms with Gasteiger partial charge in [0.1, 0.15) is 0 Å². The first kappa shape index (κ1) is 13.7. The summed E-state index contributed by atoms with van der Waals surface area (Å²) in [5, 5.41) is 3.53. The molecule has 0 fully saturated rings. The molecule has 1 unspecified atom stereocenters. The van der Waals surface area contributed by atoms with Crippen LogP contribution in [0.4, 0.5) is 0 Å². The Hall–Kier alpha value is -0.340. The van der Waals surface area contributed by atoms with E-state index in [1.54, 1.807) is 0 Å². The van der Waals surface area contributed by atoms with Crippen molar-refractivity contribution >= 4 is 11.3 Å². The van der Waals surface area contributed by atoms with Crippen molar-refractivity contribution in [2.24, 2.45) is 5.92 Å². The molecule has 1 aromatic rings. The van der Waals surface area contributed by atoms with Crippen LogP contribution in [0.3, 0.4) is 0 Å². The van der Waals surface area contributed by atoms with E-state index in [0.717, 1.165) is 19.0 Å². The molecule has 92 valence electrons. The number of hydrogen-bond acceptors (Lipinski definition) is 2. The molecule has 2 heteroatoms. The highest BCUT2D eigenvalue weighted by Crippen LogP contribution is 2.29.